The topological polar surface area (TPSA) is 58.6 Å². The van der Waals surface area contributed by atoms with Crippen molar-refractivity contribution in [2.45, 2.75) is 6.04 Å². The Bertz CT molecular complexity index is 726. The second-order valence-corrected chi connectivity index (χ2v) is 5.39. The summed E-state index contributed by atoms with van der Waals surface area (Å²) in [5, 5.41) is 3.97. The third-order valence-corrected chi connectivity index (χ3v) is 3.64. The fourth-order valence-electron chi connectivity index (χ4n) is 2.39. The molecule has 0 fully saturated rings. The van der Waals surface area contributed by atoms with Crippen LogP contribution in [0.25, 0.3) is 11.0 Å². The van der Waals surface area contributed by atoms with Gasteiger partial charge >= 0.3 is 0 Å². The molecule has 0 aliphatic rings. The highest BCUT2D eigenvalue weighted by Gasteiger charge is 2.20. The summed E-state index contributed by atoms with van der Waals surface area (Å²) in [6.45, 7) is 0.455. The van der Waals surface area contributed by atoms with Gasteiger partial charge in [0.2, 0.25) is 0 Å². The molecular formula is C17H18N2O3. The predicted molar refractivity (Wildman–Crippen MR) is 83.7 cm³/mol. The molecule has 5 heteroatoms. The van der Waals surface area contributed by atoms with Crippen LogP contribution in [0.5, 0.6) is 0 Å². The molecule has 0 aliphatic heterocycles. The van der Waals surface area contributed by atoms with Crippen LogP contribution < -0.4 is 5.32 Å². The van der Waals surface area contributed by atoms with Crippen LogP contribution in [-0.4, -0.2) is 31.4 Å². The van der Waals surface area contributed by atoms with Crippen LogP contribution in [0.2, 0.25) is 0 Å². The number of carbonyl (C=O) groups is 1. The van der Waals surface area contributed by atoms with E-state index in [4.69, 9.17) is 8.83 Å². The summed E-state index contributed by atoms with van der Waals surface area (Å²) in [5.41, 5.74) is 1.37. The van der Waals surface area contributed by atoms with E-state index in [0.29, 0.717) is 12.1 Å². The first-order valence-electron chi connectivity index (χ1n) is 7.10. The highest BCUT2D eigenvalue weighted by atomic mass is 16.3. The normalized spacial score (nSPS) is 12.7. The number of likely N-dealkylation sites (N-methyl/N-ethyl adjacent to an activating group) is 1. The highest BCUT2D eigenvalue weighted by molar-refractivity contribution is 5.93. The summed E-state index contributed by atoms with van der Waals surface area (Å²) in [7, 11) is 3.92. The second-order valence-electron chi connectivity index (χ2n) is 5.39. The maximum Gasteiger partial charge on any atom is 0.254 e. The lowest BCUT2D eigenvalue weighted by Gasteiger charge is -2.22. The minimum Gasteiger partial charge on any atom is -0.472 e. The average Bonchev–Trinajstić information content (AvgIpc) is 3.16. The van der Waals surface area contributed by atoms with E-state index in [9.17, 15) is 4.79 Å². The molecular weight excluding hydrogens is 280 g/mol. The molecule has 22 heavy (non-hydrogen) atoms. The molecule has 1 N–H and O–H groups in total. The van der Waals surface area contributed by atoms with Crippen molar-refractivity contribution >= 4 is 16.9 Å². The van der Waals surface area contributed by atoms with Gasteiger partial charge in [0.15, 0.2) is 0 Å². The Labute approximate surface area is 128 Å². The van der Waals surface area contributed by atoms with Crippen molar-refractivity contribution in [1.29, 1.82) is 0 Å². The lowest BCUT2D eigenvalue weighted by Crippen LogP contribution is -2.34. The van der Waals surface area contributed by atoms with Crippen molar-refractivity contribution in [3.63, 3.8) is 0 Å². The lowest BCUT2D eigenvalue weighted by molar-refractivity contribution is 0.0938. The van der Waals surface area contributed by atoms with Gasteiger partial charge in [-0.3, -0.25) is 9.69 Å². The molecule has 1 aromatic carbocycles. The number of nitrogens with zero attached hydrogens (tertiary/aromatic N) is 1. The number of para-hydroxylation sites is 1. The third-order valence-electron chi connectivity index (χ3n) is 3.64. The van der Waals surface area contributed by atoms with Crippen molar-refractivity contribution < 1.29 is 13.6 Å². The van der Waals surface area contributed by atoms with Gasteiger partial charge in [0.05, 0.1) is 17.9 Å². The first kappa shape index (κ1) is 14.4. The Morgan fingerprint density at radius 2 is 2.09 bits per heavy atom. The number of nitrogens with one attached hydrogen (secondary N) is 1. The molecule has 1 unspecified atom stereocenters. The Kier molecular flexibility index (Phi) is 3.98. The van der Waals surface area contributed by atoms with Gasteiger partial charge in [-0.05, 0) is 32.3 Å². The minimum atomic E-state index is -0.156. The molecule has 0 radical (unpaired) electrons. The SMILES string of the molecule is CN(C)C(CNC(=O)c1ccoc1)c1cc2ccccc2o1. The number of rotatable bonds is 5. The van der Waals surface area contributed by atoms with Gasteiger partial charge < -0.3 is 14.2 Å². The van der Waals surface area contributed by atoms with Gasteiger partial charge in [-0.15, -0.1) is 0 Å². The second kappa shape index (κ2) is 6.07. The number of hydrogen-bond donors (Lipinski definition) is 1. The van der Waals surface area contributed by atoms with Crippen LogP contribution in [0.4, 0.5) is 0 Å². The highest BCUT2D eigenvalue weighted by Crippen LogP contribution is 2.26. The van der Waals surface area contributed by atoms with Crippen LogP contribution in [0.1, 0.15) is 22.2 Å². The van der Waals surface area contributed by atoms with E-state index >= 15 is 0 Å². The Hall–Kier alpha value is -2.53. The van der Waals surface area contributed by atoms with Gasteiger partial charge in [0.25, 0.3) is 5.91 Å². The lowest BCUT2D eigenvalue weighted by atomic mass is 10.1. The summed E-state index contributed by atoms with van der Waals surface area (Å²) in [6, 6.07) is 11.5. The molecule has 114 valence electrons. The number of hydrogen-bond acceptors (Lipinski definition) is 4. The van der Waals surface area contributed by atoms with Crippen LogP contribution in [0, 0.1) is 0 Å². The standard InChI is InChI=1S/C17H18N2O3/c1-19(2)14(10-18-17(20)13-7-8-21-11-13)16-9-12-5-3-4-6-15(12)22-16/h3-9,11,14H,10H2,1-2H3,(H,18,20). The van der Waals surface area contributed by atoms with E-state index in [1.165, 1.54) is 12.5 Å². The van der Waals surface area contributed by atoms with E-state index in [-0.39, 0.29) is 11.9 Å². The van der Waals surface area contributed by atoms with E-state index in [0.717, 1.165) is 16.7 Å². The largest absolute Gasteiger partial charge is 0.472 e. The smallest absolute Gasteiger partial charge is 0.254 e. The molecule has 2 heterocycles. The number of fused-ring (bicyclic) bond motifs is 1. The van der Waals surface area contributed by atoms with Crippen LogP contribution in [0.3, 0.4) is 0 Å². The molecule has 3 aromatic rings. The van der Waals surface area contributed by atoms with Gasteiger partial charge in [0, 0.05) is 11.9 Å². The summed E-state index contributed by atoms with van der Waals surface area (Å²) in [5.74, 6) is 0.676. The maximum atomic E-state index is 12.0. The molecule has 0 aliphatic carbocycles. The minimum absolute atomic E-state index is 0.0387. The molecule has 0 spiro atoms. The van der Waals surface area contributed by atoms with Crippen molar-refractivity contribution in [1.82, 2.24) is 10.2 Å². The zero-order valence-electron chi connectivity index (χ0n) is 12.6. The van der Waals surface area contributed by atoms with Crippen molar-refractivity contribution in [2.24, 2.45) is 0 Å². The summed E-state index contributed by atoms with van der Waals surface area (Å²) >= 11 is 0. The van der Waals surface area contributed by atoms with Crippen LogP contribution in [-0.2, 0) is 0 Å². The zero-order chi connectivity index (χ0) is 15.5. The number of carbonyl (C=O) groups excluding carboxylic acids is 1. The van der Waals surface area contributed by atoms with Crippen LogP contribution >= 0.6 is 0 Å². The zero-order valence-corrected chi connectivity index (χ0v) is 12.6. The molecule has 5 nitrogen and oxygen atoms in total. The van der Waals surface area contributed by atoms with E-state index in [2.05, 4.69) is 5.32 Å². The molecule has 0 saturated heterocycles. The van der Waals surface area contributed by atoms with Gasteiger partial charge in [-0.25, -0.2) is 0 Å². The predicted octanol–water partition coefficient (Wildman–Crippen LogP) is 3.06. The van der Waals surface area contributed by atoms with Crippen molar-refractivity contribution in [3.8, 4) is 0 Å². The first-order valence-corrected chi connectivity index (χ1v) is 7.10. The molecule has 0 bridgehead atoms. The molecule has 2 aromatic heterocycles. The fourth-order valence-corrected chi connectivity index (χ4v) is 2.39. The molecule has 3 rings (SSSR count). The molecule has 0 saturated carbocycles. The Balaban J connectivity index is 1.76. The van der Waals surface area contributed by atoms with Crippen molar-refractivity contribution in [3.05, 3.63) is 60.2 Å². The monoisotopic (exact) mass is 298 g/mol. The summed E-state index contributed by atoms with van der Waals surface area (Å²) in [4.78, 5) is 14.0. The van der Waals surface area contributed by atoms with Crippen LogP contribution in [0.15, 0.2) is 57.8 Å². The van der Waals surface area contributed by atoms with Crippen molar-refractivity contribution in [2.75, 3.05) is 20.6 Å². The molecule has 1 amide bonds. The Morgan fingerprint density at radius 3 is 2.77 bits per heavy atom. The maximum absolute atomic E-state index is 12.0. The number of furan rings is 2. The van der Waals surface area contributed by atoms with E-state index in [1.54, 1.807) is 6.07 Å². The van der Waals surface area contributed by atoms with Gasteiger partial charge in [-0.1, -0.05) is 18.2 Å². The summed E-state index contributed by atoms with van der Waals surface area (Å²) in [6.07, 6.45) is 2.92. The quantitative estimate of drug-likeness (QED) is 0.786. The number of benzene rings is 1. The fraction of sp³-hybridized carbons (Fsp3) is 0.235. The number of amides is 1. The average molecular weight is 298 g/mol. The van der Waals surface area contributed by atoms with E-state index in [1.807, 2.05) is 49.3 Å². The van der Waals surface area contributed by atoms with Gasteiger partial charge in [0.1, 0.15) is 17.6 Å². The molecule has 1 atom stereocenters. The van der Waals surface area contributed by atoms with Gasteiger partial charge in [-0.2, -0.15) is 0 Å². The van der Waals surface area contributed by atoms with E-state index < -0.39 is 0 Å². The third kappa shape index (κ3) is 2.89. The summed E-state index contributed by atoms with van der Waals surface area (Å²) < 4.78 is 10.8. The first-order chi connectivity index (χ1) is 10.6. The Morgan fingerprint density at radius 1 is 1.27 bits per heavy atom.